The van der Waals surface area contributed by atoms with Gasteiger partial charge in [-0.1, -0.05) is 48.5 Å². The Balaban J connectivity index is 0.00000261. The van der Waals surface area contributed by atoms with Crippen molar-refractivity contribution >= 4 is 24.0 Å². The van der Waals surface area contributed by atoms with Gasteiger partial charge < -0.3 is 10.6 Å². The van der Waals surface area contributed by atoms with Gasteiger partial charge in [-0.05, 0) is 44.0 Å². The molecule has 1 aliphatic rings. The lowest BCUT2D eigenvalue weighted by molar-refractivity contribution is -0.122. The fraction of sp³-hybridized carbons (Fsp3) is 0.409. The summed E-state index contributed by atoms with van der Waals surface area (Å²) in [6, 6.07) is 20.3. The molecular formula is C22H30ClN3O. The molecule has 1 heterocycles. The van der Waals surface area contributed by atoms with Crippen LogP contribution in [-0.2, 0) is 4.79 Å². The van der Waals surface area contributed by atoms with Crippen LogP contribution in [0.15, 0.2) is 60.7 Å². The Morgan fingerprint density at radius 3 is 2.26 bits per heavy atom. The molecule has 0 aliphatic carbocycles. The van der Waals surface area contributed by atoms with E-state index in [1.54, 1.807) is 0 Å². The lowest BCUT2D eigenvalue weighted by atomic mass is 9.89. The number of anilines is 1. The summed E-state index contributed by atoms with van der Waals surface area (Å²) >= 11 is 0. The standard InChI is InChI=1S/C22H29N3O.ClH/c1-3-25(20-12-8-5-9-13-20)22(26)17(2)24-15-19(14-23)21(16-24)18-10-6-4-7-11-18;/h4-13,17,19,21H,3,14-16,23H2,1-2H3;1H/t17?,19-,21+;/m1./s1. The smallest absolute Gasteiger partial charge is 0.244 e. The summed E-state index contributed by atoms with van der Waals surface area (Å²) in [6.07, 6.45) is 0. The molecule has 2 aromatic carbocycles. The minimum absolute atomic E-state index is 0. The third-order valence-corrected chi connectivity index (χ3v) is 5.55. The molecular weight excluding hydrogens is 358 g/mol. The summed E-state index contributed by atoms with van der Waals surface area (Å²) in [4.78, 5) is 17.3. The van der Waals surface area contributed by atoms with Gasteiger partial charge in [0.05, 0.1) is 6.04 Å². The highest BCUT2D eigenvalue weighted by Crippen LogP contribution is 2.33. The van der Waals surface area contributed by atoms with Crippen molar-refractivity contribution in [1.82, 2.24) is 4.90 Å². The minimum atomic E-state index is -0.155. The number of carbonyl (C=O) groups excluding carboxylic acids is 1. The zero-order valence-corrected chi connectivity index (χ0v) is 16.9. The number of likely N-dealkylation sites (tertiary alicyclic amines) is 1. The first-order valence-corrected chi connectivity index (χ1v) is 9.51. The third-order valence-electron chi connectivity index (χ3n) is 5.55. The topological polar surface area (TPSA) is 49.6 Å². The molecule has 4 nitrogen and oxygen atoms in total. The van der Waals surface area contributed by atoms with Gasteiger partial charge in [0.1, 0.15) is 0 Å². The van der Waals surface area contributed by atoms with E-state index < -0.39 is 0 Å². The molecule has 2 N–H and O–H groups in total. The monoisotopic (exact) mass is 387 g/mol. The van der Waals surface area contributed by atoms with Crippen LogP contribution < -0.4 is 10.6 Å². The normalized spacial score (nSPS) is 20.7. The molecule has 0 radical (unpaired) electrons. The number of amides is 1. The number of hydrogen-bond donors (Lipinski definition) is 1. The fourth-order valence-corrected chi connectivity index (χ4v) is 3.99. The van der Waals surface area contributed by atoms with Crippen molar-refractivity contribution in [3.05, 3.63) is 66.2 Å². The number of nitrogens with zero attached hydrogens (tertiary/aromatic N) is 2. The first kappa shape index (κ1) is 21.4. The van der Waals surface area contributed by atoms with Crippen LogP contribution in [-0.4, -0.2) is 43.0 Å². The molecule has 0 aromatic heterocycles. The molecule has 3 atom stereocenters. The Labute approximate surface area is 168 Å². The molecule has 1 aliphatic heterocycles. The predicted octanol–water partition coefficient (Wildman–Crippen LogP) is 3.52. The summed E-state index contributed by atoms with van der Waals surface area (Å²) in [5, 5.41) is 0. The van der Waals surface area contributed by atoms with Gasteiger partial charge in [-0.3, -0.25) is 9.69 Å². The number of likely N-dealkylation sites (N-methyl/N-ethyl adjacent to an activating group) is 1. The van der Waals surface area contributed by atoms with Crippen LogP contribution >= 0.6 is 12.4 Å². The first-order chi connectivity index (χ1) is 12.7. The van der Waals surface area contributed by atoms with Gasteiger partial charge >= 0.3 is 0 Å². The number of carbonyl (C=O) groups is 1. The summed E-state index contributed by atoms with van der Waals surface area (Å²) < 4.78 is 0. The second-order valence-corrected chi connectivity index (χ2v) is 7.06. The van der Waals surface area contributed by atoms with E-state index in [0.717, 1.165) is 18.8 Å². The quantitative estimate of drug-likeness (QED) is 0.824. The second kappa shape index (κ2) is 9.88. The zero-order valence-electron chi connectivity index (χ0n) is 16.1. The van der Waals surface area contributed by atoms with Crippen molar-refractivity contribution in [1.29, 1.82) is 0 Å². The number of para-hydroxylation sites is 1. The summed E-state index contributed by atoms with van der Waals surface area (Å²) in [5.74, 6) is 0.936. The Morgan fingerprint density at radius 1 is 1.11 bits per heavy atom. The number of halogens is 1. The lowest BCUT2D eigenvalue weighted by Gasteiger charge is -2.30. The zero-order chi connectivity index (χ0) is 18.5. The average molecular weight is 388 g/mol. The van der Waals surface area contributed by atoms with Gasteiger partial charge in [-0.25, -0.2) is 0 Å². The average Bonchev–Trinajstić information content (AvgIpc) is 3.14. The molecule has 1 amide bonds. The fourth-order valence-electron chi connectivity index (χ4n) is 3.99. The van der Waals surface area contributed by atoms with Crippen molar-refractivity contribution in [2.75, 3.05) is 31.1 Å². The Hall–Kier alpha value is -1.88. The molecule has 1 saturated heterocycles. The second-order valence-electron chi connectivity index (χ2n) is 7.06. The van der Waals surface area contributed by atoms with E-state index in [1.807, 2.05) is 55.1 Å². The molecule has 0 spiro atoms. The van der Waals surface area contributed by atoms with Gasteiger partial charge in [0, 0.05) is 31.2 Å². The van der Waals surface area contributed by atoms with Crippen LogP contribution in [0.4, 0.5) is 5.69 Å². The van der Waals surface area contributed by atoms with E-state index in [1.165, 1.54) is 5.56 Å². The molecule has 1 unspecified atom stereocenters. The highest BCUT2D eigenvalue weighted by molar-refractivity contribution is 5.96. The van der Waals surface area contributed by atoms with Gasteiger partial charge in [0.2, 0.25) is 5.91 Å². The van der Waals surface area contributed by atoms with Crippen LogP contribution in [0.5, 0.6) is 0 Å². The Morgan fingerprint density at radius 2 is 1.70 bits per heavy atom. The van der Waals surface area contributed by atoms with Crippen molar-refractivity contribution < 1.29 is 4.79 Å². The molecule has 27 heavy (non-hydrogen) atoms. The molecule has 5 heteroatoms. The van der Waals surface area contributed by atoms with E-state index in [-0.39, 0.29) is 24.4 Å². The summed E-state index contributed by atoms with van der Waals surface area (Å²) in [6.45, 7) is 7.11. The third kappa shape index (κ3) is 4.70. The number of rotatable bonds is 6. The van der Waals surface area contributed by atoms with Gasteiger partial charge in [-0.15, -0.1) is 12.4 Å². The van der Waals surface area contributed by atoms with Crippen LogP contribution in [0, 0.1) is 5.92 Å². The molecule has 2 aromatic rings. The maximum Gasteiger partial charge on any atom is 0.244 e. The van der Waals surface area contributed by atoms with Crippen molar-refractivity contribution in [2.24, 2.45) is 11.7 Å². The maximum absolute atomic E-state index is 13.2. The van der Waals surface area contributed by atoms with Crippen LogP contribution in [0.1, 0.15) is 25.3 Å². The van der Waals surface area contributed by atoms with Crippen LogP contribution in [0.2, 0.25) is 0 Å². The van der Waals surface area contributed by atoms with Gasteiger partial charge in [0.25, 0.3) is 0 Å². The minimum Gasteiger partial charge on any atom is -0.330 e. The summed E-state index contributed by atoms with van der Waals surface area (Å²) in [5.41, 5.74) is 8.33. The molecule has 0 bridgehead atoms. The highest BCUT2D eigenvalue weighted by atomic mass is 35.5. The van der Waals surface area contributed by atoms with E-state index in [4.69, 9.17) is 5.73 Å². The van der Waals surface area contributed by atoms with Gasteiger partial charge in [0.15, 0.2) is 0 Å². The van der Waals surface area contributed by atoms with Crippen molar-refractivity contribution in [2.45, 2.75) is 25.8 Å². The molecule has 3 rings (SSSR count). The Bertz CT molecular complexity index is 710. The number of hydrogen-bond acceptors (Lipinski definition) is 3. The largest absolute Gasteiger partial charge is 0.330 e. The molecule has 0 saturated carbocycles. The lowest BCUT2D eigenvalue weighted by Crippen LogP contribution is -2.46. The molecule has 146 valence electrons. The highest BCUT2D eigenvalue weighted by Gasteiger charge is 2.37. The van der Waals surface area contributed by atoms with E-state index in [9.17, 15) is 4.79 Å². The number of benzene rings is 2. The first-order valence-electron chi connectivity index (χ1n) is 9.51. The predicted molar refractivity (Wildman–Crippen MR) is 114 cm³/mol. The van der Waals surface area contributed by atoms with Crippen LogP contribution in [0.25, 0.3) is 0 Å². The Kier molecular flexibility index (Phi) is 7.84. The maximum atomic E-state index is 13.2. The van der Waals surface area contributed by atoms with E-state index in [2.05, 4.69) is 29.2 Å². The van der Waals surface area contributed by atoms with E-state index in [0.29, 0.717) is 24.9 Å². The molecule has 1 fully saturated rings. The van der Waals surface area contributed by atoms with E-state index >= 15 is 0 Å². The van der Waals surface area contributed by atoms with Crippen LogP contribution in [0.3, 0.4) is 0 Å². The van der Waals surface area contributed by atoms with Crippen molar-refractivity contribution in [3.63, 3.8) is 0 Å². The summed E-state index contributed by atoms with van der Waals surface area (Å²) in [7, 11) is 0. The van der Waals surface area contributed by atoms with Gasteiger partial charge in [-0.2, -0.15) is 0 Å². The number of nitrogens with two attached hydrogens (primary N) is 1. The van der Waals surface area contributed by atoms with Crippen molar-refractivity contribution in [3.8, 4) is 0 Å². The SMILES string of the molecule is CCN(C(=O)C(C)N1C[C@@H](CN)[C@H](c2ccccc2)C1)c1ccccc1.Cl.